The number of benzene rings is 1. The second kappa shape index (κ2) is 9.28. The van der Waals surface area contributed by atoms with E-state index in [1.807, 2.05) is 55.1 Å². The van der Waals surface area contributed by atoms with Gasteiger partial charge in [-0.25, -0.2) is 4.79 Å². The lowest BCUT2D eigenvalue weighted by molar-refractivity contribution is 0.0378. The van der Waals surface area contributed by atoms with E-state index in [4.69, 9.17) is 4.74 Å². The van der Waals surface area contributed by atoms with Crippen molar-refractivity contribution in [3.05, 3.63) is 29.8 Å². The lowest BCUT2D eigenvalue weighted by atomic mass is 10.0. The van der Waals surface area contributed by atoms with Crippen LogP contribution in [-0.2, 0) is 4.74 Å². The molecule has 7 heteroatoms. The maximum atomic E-state index is 13.2. The van der Waals surface area contributed by atoms with E-state index in [2.05, 4.69) is 4.90 Å². The van der Waals surface area contributed by atoms with Gasteiger partial charge in [0.15, 0.2) is 0 Å². The number of nitrogens with zero attached hydrogens (tertiary/aromatic N) is 4. The van der Waals surface area contributed by atoms with Gasteiger partial charge in [-0.1, -0.05) is 12.1 Å². The Morgan fingerprint density at radius 3 is 2.46 bits per heavy atom. The molecule has 1 aromatic carbocycles. The highest BCUT2D eigenvalue weighted by Crippen LogP contribution is 2.24. The topological polar surface area (TPSA) is 56.3 Å². The molecule has 0 N–H and O–H groups in total. The average molecular weight is 389 g/mol. The second-order valence-electron chi connectivity index (χ2n) is 7.68. The lowest BCUT2D eigenvalue weighted by Gasteiger charge is -2.43. The van der Waals surface area contributed by atoms with Crippen molar-refractivity contribution in [3.63, 3.8) is 0 Å². The van der Waals surface area contributed by atoms with E-state index in [1.165, 1.54) is 0 Å². The SMILES string of the molecule is CCOC(=O)N1CCN([C@@H]2CCCN(C(=O)c3ccccc3N(C)C)C2)CC1. The summed E-state index contributed by atoms with van der Waals surface area (Å²) in [5.74, 6) is 0.110. The first-order chi connectivity index (χ1) is 13.5. The van der Waals surface area contributed by atoms with Gasteiger partial charge in [-0.15, -0.1) is 0 Å². The molecule has 2 fully saturated rings. The molecule has 0 spiro atoms. The summed E-state index contributed by atoms with van der Waals surface area (Å²) in [5, 5.41) is 0. The Labute approximate surface area is 167 Å². The number of anilines is 1. The molecule has 2 heterocycles. The quantitative estimate of drug-likeness (QED) is 0.791. The minimum atomic E-state index is -0.220. The number of amides is 2. The molecule has 0 saturated carbocycles. The molecule has 0 radical (unpaired) electrons. The maximum Gasteiger partial charge on any atom is 0.409 e. The van der Waals surface area contributed by atoms with Crippen molar-refractivity contribution in [3.8, 4) is 0 Å². The Morgan fingerprint density at radius 2 is 1.79 bits per heavy atom. The van der Waals surface area contributed by atoms with Gasteiger partial charge in [0, 0.05) is 65.1 Å². The third kappa shape index (κ3) is 4.58. The van der Waals surface area contributed by atoms with Crippen molar-refractivity contribution in [1.29, 1.82) is 0 Å². The highest BCUT2D eigenvalue weighted by molar-refractivity contribution is 5.99. The number of carbonyl (C=O) groups excluding carboxylic acids is 2. The molecule has 1 atom stereocenters. The van der Waals surface area contributed by atoms with Crippen LogP contribution in [0.25, 0.3) is 0 Å². The Kier molecular flexibility index (Phi) is 6.78. The number of ether oxygens (including phenoxy) is 1. The highest BCUT2D eigenvalue weighted by Gasteiger charge is 2.32. The molecule has 154 valence electrons. The molecule has 28 heavy (non-hydrogen) atoms. The van der Waals surface area contributed by atoms with Gasteiger partial charge in [0.1, 0.15) is 0 Å². The third-order valence-electron chi connectivity index (χ3n) is 5.66. The standard InChI is InChI=1S/C21H32N4O3/c1-4-28-21(27)24-14-12-23(13-15-24)17-8-7-11-25(16-17)20(26)18-9-5-6-10-19(18)22(2)3/h5-6,9-10,17H,4,7-8,11-16H2,1-3H3/t17-/m1/s1. The van der Waals surface area contributed by atoms with Crippen LogP contribution < -0.4 is 4.90 Å². The zero-order valence-electron chi connectivity index (χ0n) is 17.3. The molecular formula is C21H32N4O3. The molecule has 2 aliphatic rings. The van der Waals surface area contributed by atoms with Crippen LogP contribution in [0, 0.1) is 0 Å². The van der Waals surface area contributed by atoms with Gasteiger partial charge < -0.3 is 19.4 Å². The van der Waals surface area contributed by atoms with E-state index in [1.54, 1.807) is 4.90 Å². The van der Waals surface area contributed by atoms with Gasteiger partial charge >= 0.3 is 6.09 Å². The van der Waals surface area contributed by atoms with Crippen LogP contribution in [0.4, 0.5) is 10.5 Å². The van der Waals surface area contributed by atoms with Gasteiger partial charge in [-0.3, -0.25) is 9.69 Å². The van der Waals surface area contributed by atoms with E-state index in [0.717, 1.165) is 50.3 Å². The van der Waals surface area contributed by atoms with E-state index >= 15 is 0 Å². The van der Waals surface area contributed by atoms with Crippen LogP contribution in [0.3, 0.4) is 0 Å². The first-order valence-electron chi connectivity index (χ1n) is 10.2. The third-order valence-corrected chi connectivity index (χ3v) is 5.66. The molecule has 3 rings (SSSR count). The molecule has 2 amide bonds. The number of piperidine rings is 1. The molecule has 0 bridgehead atoms. The molecule has 2 aliphatic heterocycles. The minimum Gasteiger partial charge on any atom is -0.450 e. The summed E-state index contributed by atoms with van der Waals surface area (Å²) in [6.07, 6.45) is 1.89. The minimum absolute atomic E-state index is 0.110. The summed E-state index contributed by atoms with van der Waals surface area (Å²) < 4.78 is 5.10. The number of hydrogen-bond donors (Lipinski definition) is 0. The number of para-hydroxylation sites is 1. The van der Waals surface area contributed by atoms with Crippen molar-refractivity contribution >= 4 is 17.7 Å². The zero-order valence-corrected chi connectivity index (χ0v) is 17.3. The second-order valence-corrected chi connectivity index (χ2v) is 7.68. The van der Waals surface area contributed by atoms with E-state index < -0.39 is 0 Å². The average Bonchev–Trinajstić information content (AvgIpc) is 2.73. The summed E-state index contributed by atoms with van der Waals surface area (Å²) in [4.78, 5) is 33.3. The van der Waals surface area contributed by atoms with Gasteiger partial charge in [-0.05, 0) is 31.9 Å². The normalized spacial score (nSPS) is 20.8. The maximum absolute atomic E-state index is 13.2. The number of rotatable bonds is 4. The summed E-state index contributed by atoms with van der Waals surface area (Å²) in [6.45, 7) is 6.84. The van der Waals surface area contributed by atoms with Crippen molar-refractivity contribution in [1.82, 2.24) is 14.7 Å². The van der Waals surface area contributed by atoms with Crippen LogP contribution in [0.5, 0.6) is 0 Å². The Morgan fingerprint density at radius 1 is 1.07 bits per heavy atom. The van der Waals surface area contributed by atoms with Gasteiger partial charge in [-0.2, -0.15) is 0 Å². The molecule has 0 aliphatic carbocycles. The fourth-order valence-electron chi connectivity index (χ4n) is 4.14. The molecular weight excluding hydrogens is 356 g/mol. The van der Waals surface area contributed by atoms with Gasteiger partial charge in [0.05, 0.1) is 12.2 Å². The van der Waals surface area contributed by atoms with E-state index in [0.29, 0.717) is 25.7 Å². The fraction of sp³-hybridized carbons (Fsp3) is 0.619. The first-order valence-corrected chi connectivity index (χ1v) is 10.2. The monoisotopic (exact) mass is 388 g/mol. The van der Waals surface area contributed by atoms with Crippen molar-refractivity contribution in [2.45, 2.75) is 25.8 Å². The summed E-state index contributed by atoms with van der Waals surface area (Å²) in [5.41, 5.74) is 1.72. The summed E-state index contributed by atoms with van der Waals surface area (Å²) in [7, 11) is 3.93. The van der Waals surface area contributed by atoms with Crippen LogP contribution in [0.1, 0.15) is 30.1 Å². The van der Waals surface area contributed by atoms with E-state index in [9.17, 15) is 9.59 Å². The van der Waals surface area contributed by atoms with Crippen LogP contribution in [-0.4, -0.2) is 92.7 Å². The highest BCUT2D eigenvalue weighted by atomic mass is 16.6. The predicted octanol–water partition coefficient (Wildman–Crippen LogP) is 2.13. The number of piperazine rings is 1. The largest absolute Gasteiger partial charge is 0.450 e. The number of hydrogen-bond acceptors (Lipinski definition) is 5. The Hall–Kier alpha value is -2.28. The van der Waals surface area contributed by atoms with E-state index in [-0.39, 0.29) is 12.0 Å². The van der Waals surface area contributed by atoms with Crippen LogP contribution in [0.2, 0.25) is 0 Å². The fourth-order valence-corrected chi connectivity index (χ4v) is 4.14. The summed E-state index contributed by atoms with van der Waals surface area (Å²) in [6, 6.07) is 8.15. The number of carbonyl (C=O) groups is 2. The van der Waals surface area contributed by atoms with Crippen molar-refractivity contribution < 1.29 is 14.3 Å². The predicted molar refractivity (Wildman–Crippen MR) is 110 cm³/mol. The summed E-state index contributed by atoms with van der Waals surface area (Å²) >= 11 is 0. The Bertz CT molecular complexity index is 686. The smallest absolute Gasteiger partial charge is 0.409 e. The Balaban J connectivity index is 1.61. The van der Waals surface area contributed by atoms with Gasteiger partial charge in [0.25, 0.3) is 5.91 Å². The molecule has 1 aromatic rings. The molecule has 7 nitrogen and oxygen atoms in total. The van der Waals surface area contributed by atoms with Crippen molar-refractivity contribution in [2.24, 2.45) is 0 Å². The number of likely N-dealkylation sites (tertiary alicyclic amines) is 1. The van der Waals surface area contributed by atoms with Gasteiger partial charge in [0.2, 0.25) is 0 Å². The zero-order chi connectivity index (χ0) is 20.1. The van der Waals surface area contributed by atoms with Crippen LogP contribution in [0.15, 0.2) is 24.3 Å². The molecule has 0 aromatic heterocycles. The lowest BCUT2D eigenvalue weighted by Crippen LogP contribution is -2.56. The van der Waals surface area contributed by atoms with Crippen LogP contribution >= 0.6 is 0 Å². The molecule has 2 saturated heterocycles. The molecule has 0 unspecified atom stereocenters. The van der Waals surface area contributed by atoms with Crippen molar-refractivity contribution in [2.75, 3.05) is 64.9 Å². The first kappa shape index (κ1) is 20.5.